The van der Waals surface area contributed by atoms with Crippen molar-refractivity contribution in [3.63, 3.8) is 0 Å². The summed E-state index contributed by atoms with van der Waals surface area (Å²) in [7, 11) is 0. The molecule has 0 unspecified atom stereocenters. The maximum absolute atomic E-state index is 9.71. The summed E-state index contributed by atoms with van der Waals surface area (Å²) in [6.07, 6.45) is 0. The van der Waals surface area contributed by atoms with Crippen LogP contribution in [0.4, 0.5) is 0 Å². The predicted octanol–water partition coefficient (Wildman–Crippen LogP) is 0.482. The molecule has 5 nitrogen and oxygen atoms in total. The van der Waals surface area contributed by atoms with Gasteiger partial charge in [-0.15, -0.1) is 0 Å². The summed E-state index contributed by atoms with van der Waals surface area (Å²) in [5.41, 5.74) is 7.08. The van der Waals surface area contributed by atoms with Crippen LogP contribution in [0.25, 0.3) is 5.53 Å². The van der Waals surface area contributed by atoms with Crippen molar-refractivity contribution >= 4 is 23.0 Å². The first kappa shape index (κ1) is 11.5. The highest BCUT2D eigenvalue weighted by Crippen LogP contribution is 1.91. The third-order valence-electron chi connectivity index (χ3n) is 0.943. The highest BCUT2D eigenvalue weighted by molar-refractivity contribution is 7.07. The monoisotopic (exact) mass is 200 g/mol. The molecule has 0 aliphatic heterocycles. The van der Waals surface area contributed by atoms with Crippen LogP contribution >= 0.6 is 11.3 Å². The lowest BCUT2D eigenvalue weighted by molar-refractivity contribution is -0.134. The second-order valence-corrected chi connectivity index (χ2v) is 2.62. The number of carbonyl (C=O) groups is 1. The Morgan fingerprint density at radius 2 is 2.00 bits per heavy atom. The molecule has 1 aromatic rings. The molecular weight excluding hydrogens is 192 g/mol. The number of carboxylic acid groups (broad SMARTS) is 1. The molecule has 70 valence electrons. The van der Waals surface area contributed by atoms with Gasteiger partial charge >= 0.3 is 11.7 Å². The zero-order valence-corrected chi connectivity index (χ0v) is 7.44. The Bertz CT molecular complexity index is 273. The van der Waals surface area contributed by atoms with E-state index in [1.54, 1.807) is 11.3 Å². The second-order valence-electron chi connectivity index (χ2n) is 1.80. The standard InChI is InChI=1S/C4H4S.C3H4N2O3/c1-2-4-5-3-1;4-5-2(1-6)3(7)8/h1-4H;6H,1H2,(H,7,8). The van der Waals surface area contributed by atoms with Gasteiger partial charge in [-0.25, -0.2) is 4.79 Å². The predicted molar refractivity (Wildman–Crippen MR) is 47.7 cm³/mol. The number of aliphatic hydroxyl groups is 1. The summed E-state index contributed by atoms with van der Waals surface area (Å²) >= 11 is 1.71. The fraction of sp³-hybridized carbons (Fsp3) is 0.143. The number of aliphatic carboxylic acids is 1. The van der Waals surface area contributed by atoms with Crippen molar-refractivity contribution in [2.45, 2.75) is 0 Å². The lowest BCUT2D eigenvalue weighted by Gasteiger charge is -1.76. The summed E-state index contributed by atoms with van der Waals surface area (Å²) in [6, 6.07) is 4.04. The molecule has 0 spiro atoms. The highest BCUT2D eigenvalue weighted by Gasteiger charge is 2.15. The molecule has 0 saturated carbocycles. The number of thiophene rings is 1. The van der Waals surface area contributed by atoms with E-state index >= 15 is 0 Å². The fourth-order valence-electron chi connectivity index (χ4n) is 0.369. The molecule has 1 heterocycles. The van der Waals surface area contributed by atoms with Gasteiger partial charge < -0.3 is 15.7 Å². The maximum atomic E-state index is 9.71. The largest absolute Gasteiger partial charge is 0.473 e. The summed E-state index contributed by atoms with van der Waals surface area (Å²) in [5, 5.41) is 20.0. The molecule has 0 radical (unpaired) electrons. The van der Waals surface area contributed by atoms with Crippen LogP contribution < -0.4 is 0 Å². The van der Waals surface area contributed by atoms with Crippen molar-refractivity contribution in [3.8, 4) is 0 Å². The van der Waals surface area contributed by atoms with E-state index in [9.17, 15) is 4.79 Å². The van der Waals surface area contributed by atoms with Gasteiger partial charge in [0.05, 0.1) is 0 Å². The summed E-state index contributed by atoms with van der Waals surface area (Å²) < 4.78 is 0. The van der Waals surface area contributed by atoms with E-state index in [1.807, 2.05) is 22.9 Å². The molecule has 1 aromatic heterocycles. The van der Waals surface area contributed by atoms with Gasteiger partial charge in [0.2, 0.25) is 0 Å². The third-order valence-corrected chi connectivity index (χ3v) is 1.57. The topological polar surface area (TPSA) is 93.9 Å². The van der Waals surface area contributed by atoms with E-state index in [1.165, 1.54) is 0 Å². The van der Waals surface area contributed by atoms with Gasteiger partial charge in [-0.2, -0.15) is 16.1 Å². The lowest BCUT2D eigenvalue weighted by atomic mass is 10.4. The molecule has 2 N–H and O–H groups in total. The quantitative estimate of drug-likeness (QED) is 0.413. The van der Waals surface area contributed by atoms with Crippen LogP contribution in [0.5, 0.6) is 0 Å². The molecule has 0 fully saturated rings. The first-order valence-electron chi connectivity index (χ1n) is 3.24. The molecular formula is C7H8N2O3S. The summed E-state index contributed by atoms with van der Waals surface area (Å²) in [6.45, 7) is -0.758. The van der Waals surface area contributed by atoms with Gasteiger partial charge in [-0.1, -0.05) is 12.1 Å². The zero-order chi connectivity index (χ0) is 10.1. The Morgan fingerprint density at radius 3 is 2.08 bits per heavy atom. The van der Waals surface area contributed by atoms with E-state index in [0.717, 1.165) is 0 Å². The molecule has 6 heteroatoms. The highest BCUT2D eigenvalue weighted by atomic mass is 32.1. The van der Waals surface area contributed by atoms with Crippen LogP contribution in [0.15, 0.2) is 22.9 Å². The number of hydrogen-bond donors (Lipinski definition) is 2. The number of carboxylic acids is 1. The number of aliphatic hydroxyl groups excluding tert-OH is 1. The lowest BCUT2D eigenvalue weighted by Crippen LogP contribution is -2.17. The minimum atomic E-state index is -1.42. The maximum Gasteiger partial charge on any atom is 0.417 e. The molecule has 0 aliphatic rings. The van der Waals surface area contributed by atoms with Gasteiger partial charge in [-0.05, 0) is 10.8 Å². The molecule has 0 aliphatic carbocycles. The van der Waals surface area contributed by atoms with Crippen molar-refractivity contribution in [1.29, 1.82) is 0 Å². The number of hydrogen-bond acceptors (Lipinski definition) is 3. The van der Waals surface area contributed by atoms with E-state index < -0.39 is 18.3 Å². The van der Waals surface area contributed by atoms with E-state index in [4.69, 9.17) is 15.7 Å². The Kier molecular flexibility index (Phi) is 6.35. The van der Waals surface area contributed by atoms with Crippen LogP contribution in [0.1, 0.15) is 0 Å². The summed E-state index contributed by atoms with van der Waals surface area (Å²) in [4.78, 5) is 12.0. The van der Waals surface area contributed by atoms with E-state index in [-0.39, 0.29) is 0 Å². The number of rotatable bonds is 2. The Labute approximate surface area is 78.5 Å². The minimum absolute atomic E-state index is 0.662. The van der Waals surface area contributed by atoms with E-state index in [2.05, 4.69) is 4.79 Å². The Balaban J connectivity index is 0.000000243. The van der Waals surface area contributed by atoms with Crippen molar-refractivity contribution in [1.82, 2.24) is 0 Å². The normalized spacial score (nSPS) is 7.77. The molecule has 0 bridgehead atoms. The van der Waals surface area contributed by atoms with E-state index in [0.29, 0.717) is 0 Å². The van der Waals surface area contributed by atoms with Crippen molar-refractivity contribution in [2.75, 3.05) is 6.61 Å². The van der Waals surface area contributed by atoms with Crippen molar-refractivity contribution < 1.29 is 19.8 Å². The first-order valence-corrected chi connectivity index (χ1v) is 4.19. The van der Waals surface area contributed by atoms with Crippen LogP contribution in [0.2, 0.25) is 0 Å². The van der Waals surface area contributed by atoms with Crippen LogP contribution in [-0.2, 0) is 4.79 Å². The SMILES string of the molecule is [N-]=[N+]=C(CO)C(=O)O.c1ccsc1. The average molecular weight is 200 g/mol. The Morgan fingerprint density at radius 1 is 1.46 bits per heavy atom. The third kappa shape index (κ3) is 5.75. The molecule has 1 rings (SSSR count). The summed E-state index contributed by atoms with van der Waals surface area (Å²) in [5.74, 6) is -1.42. The zero-order valence-electron chi connectivity index (χ0n) is 6.62. The molecule has 13 heavy (non-hydrogen) atoms. The van der Waals surface area contributed by atoms with Crippen molar-refractivity contribution in [3.05, 3.63) is 28.4 Å². The van der Waals surface area contributed by atoms with Gasteiger partial charge in [0.15, 0.2) is 6.61 Å². The fourth-order valence-corrected chi connectivity index (χ4v) is 0.822. The van der Waals surface area contributed by atoms with Gasteiger partial charge in [0, 0.05) is 0 Å². The number of nitrogens with zero attached hydrogens (tertiary/aromatic N) is 2. The minimum Gasteiger partial charge on any atom is -0.473 e. The van der Waals surface area contributed by atoms with Crippen LogP contribution in [0, 0.1) is 0 Å². The molecule has 0 aromatic carbocycles. The second kappa shape index (κ2) is 7.17. The van der Waals surface area contributed by atoms with Crippen LogP contribution in [0.3, 0.4) is 0 Å². The van der Waals surface area contributed by atoms with Gasteiger partial charge in [0.25, 0.3) is 0 Å². The van der Waals surface area contributed by atoms with Crippen molar-refractivity contribution in [2.24, 2.45) is 0 Å². The van der Waals surface area contributed by atoms with Gasteiger partial charge in [-0.3, -0.25) is 0 Å². The average Bonchev–Trinajstić information content (AvgIpc) is 2.62. The van der Waals surface area contributed by atoms with Gasteiger partial charge in [0.1, 0.15) is 0 Å². The molecule has 0 atom stereocenters. The smallest absolute Gasteiger partial charge is 0.417 e. The first-order chi connectivity index (χ1) is 6.22. The molecule has 0 saturated heterocycles. The Hall–Kier alpha value is -1.49. The molecule has 0 amide bonds. The van der Waals surface area contributed by atoms with Crippen LogP contribution in [-0.4, -0.2) is 33.3 Å².